The number of aromatic hydroxyl groups is 1. The van der Waals surface area contributed by atoms with Crippen molar-refractivity contribution in [2.24, 2.45) is 0 Å². The second kappa shape index (κ2) is 7.61. The fourth-order valence-corrected chi connectivity index (χ4v) is 4.45. The lowest BCUT2D eigenvalue weighted by molar-refractivity contribution is 0.158. The molecule has 0 aliphatic heterocycles. The predicted molar refractivity (Wildman–Crippen MR) is 116 cm³/mol. The van der Waals surface area contributed by atoms with Gasteiger partial charge in [-0.05, 0) is 46.5 Å². The summed E-state index contributed by atoms with van der Waals surface area (Å²) < 4.78 is 5.53. The van der Waals surface area contributed by atoms with E-state index in [0.717, 1.165) is 16.7 Å². The first-order valence-corrected chi connectivity index (χ1v) is 10.3. The number of phenols is 1. The molecular formula is C23H17N3O3S. The lowest BCUT2D eigenvalue weighted by Gasteiger charge is -2.13. The highest BCUT2D eigenvalue weighted by Gasteiger charge is 2.29. The molecule has 0 bridgehead atoms. The van der Waals surface area contributed by atoms with Crippen LogP contribution in [0.3, 0.4) is 0 Å². The van der Waals surface area contributed by atoms with E-state index in [1.807, 2.05) is 24.3 Å². The van der Waals surface area contributed by atoms with Crippen molar-refractivity contribution < 1.29 is 14.6 Å². The molecule has 1 aromatic heterocycles. The van der Waals surface area contributed by atoms with Crippen molar-refractivity contribution in [1.29, 1.82) is 0 Å². The van der Waals surface area contributed by atoms with Gasteiger partial charge in [-0.25, -0.2) is 4.79 Å². The van der Waals surface area contributed by atoms with E-state index in [1.165, 1.54) is 22.5 Å². The van der Waals surface area contributed by atoms with E-state index in [-0.39, 0.29) is 18.3 Å². The zero-order valence-corrected chi connectivity index (χ0v) is 16.6. The van der Waals surface area contributed by atoms with Crippen molar-refractivity contribution in [2.75, 3.05) is 11.9 Å². The summed E-state index contributed by atoms with van der Waals surface area (Å²) in [5.41, 5.74) is 5.51. The van der Waals surface area contributed by atoms with E-state index >= 15 is 0 Å². The van der Waals surface area contributed by atoms with Crippen molar-refractivity contribution in [3.05, 3.63) is 83.9 Å². The number of nitrogens with one attached hydrogen (secondary N) is 1. The maximum Gasteiger partial charge on any atom is 0.413 e. The molecule has 0 unspecified atom stereocenters. The second-order valence-electron chi connectivity index (χ2n) is 6.91. The third kappa shape index (κ3) is 3.40. The third-order valence-corrected chi connectivity index (χ3v) is 5.98. The molecule has 0 saturated heterocycles. The van der Waals surface area contributed by atoms with Crippen molar-refractivity contribution in [2.45, 2.75) is 5.92 Å². The molecule has 0 spiro atoms. The summed E-state index contributed by atoms with van der Waals surface area (Å²) in [6, 6.07) is 23.0. The number of carbonyl (C=O) groups is 1. The summed E-state index contributed by atoms with van der Waals surface area (Å²) in [5, 5.41) is 21.1. The Balaban J connectivity index is 1.27. The number of nitrogens with zero attached hydrogens (tertiary/aromatic N) is 2. The molecule has 1 aliphatic rings. The minimum Gasteiger partial charge on any atom is -0.508 e. The number of rotatable bonds is 4. The largest absolute Gasteiger partial charge is 0.508 e. The molecule has 7 heteroatoms. The molecule has 1 heterocycles. The predicted octanol–water partition coefficient (Wildman–Crippen LogP) is 5.27. The Morgan fingerprint density at radius 2 is 1.57 bits per heavy atom. The maximum atomic E-state index is 12.4. The molecule has 4 aromatic rings. The van der Waals surface area contributed by atoms with Gasteiger partial charge in [0.05, 0.1) is 0 Å². The fourth-order valence-electron chi connectivity index (χ4n) is 3.72. The lowest BCUT2D eigenvalue weighted by atomic mass is 9.98. The standard InChI is InChI=1S/C23H17N3O3S/c27-15-11-9-14(10-12-15)21-25-26-22(30-21)24-23(28)29-13-20-18-7-3-1-5-16(18)17-6-2-4-8-19(17)20/h1-12,20,27H,13H2,(H,24,26,28). The third-order valence-electron chi connectivity index (χ3n) is 5.09. The van der Waals surface area contributed by atoms with Gasteiger partial charge >= 0.3 is 6.09 Å². The van der Waals surface area contributed by atoms with Crippen LogP contribution in [0.15, 0.2) is 72.8 Å². The van der Waals surface area contributed by atoms with Crippen LogP contribution < -0.4 is 5.32 Å². The number of hydrogen-bond donors (Lipinski definition) is 2. The topological polar surface area (TPSA) is 84.3 Å². The molecule has 5 rings (SSSR count). The zero-order chi connectivity index (χ0) is 20.5. The Labute approximate surface area is 176 Å². The number of ether oxygens (including phenoxy) is 1. The molecular weight excluding hydrogens is 398 g/mol. The van der Waals surface area contributed by atoms with Gasteiger partial charge < -0.3 is 9.84 Å². The molecule has 1 aliphatic carbocycles. The fraction of sp³-hybridized carbons (Fsp3) is 0.0870. The van der Waals surface area contributed by atoms with Gasteiger partial charge in [-0.3, -0.25) is 5.32 Å². The summed E-state index contributed by atoms with van der Waals surface area (Å²) in [4.78, 5) is 12.4. The lowest BCUT2D eigenvalue weighted by Crippen LogP contribution is -2.17. The van der Waals surface area contributed by atoms with Crippen LogP contribution in [0, 0.1) is 0 Å². The normalized spacial score (nSPS) is 12.3. The minimum absolute atomic E-state index is 0.00475. The van der Waals surface area contributed by atoms with Gasteiger partial charge in [-0.1, -0.05) is 59.9 Å². The van der Waals surface area contributed by atoms with Gasteiger partial charge in [0.15, 0.2) is 0 Å². The van der Waals surface area contributed by atoms with E-state index in [2.05, 4.69) is 39.8 Å². The molecule has 1 amide bonds. The quantitative estimate of drug-likeness (QED) is 0.474. The number of phenolic OH excluding ortho intramolecular Hbond substituents is 1. The van der Waals surface area contributed by atoms with Crippen LogP contribution in [0.1, 0.15) is 17.0 Å². The summed E-state index contributed by atoms with van der Waals surface area (Å²) in [5.74, 6) is 0.186. The SMILES string of the molecule is O=C(Nc1nnc(-c2ccc(O)cc2)s1)OCC1c2ccccc2-c2ccccc21. The van der Waals surface area contributed by atoms with E-state index in [9.17, 15) is 9.90 Å². The van der Waals surface area contributed by atoms with Gasteiger partial charge in [-0.15, -0.1) is 10.2 Å². The van der Waals surface area contributed by atoms with Gasteiger partial charge in [0.1, 0.15) is 17.4 Å². The number of aromatic nitrogens is 2. The van der Waals surface area contributed by atoms with E-state index in [4.69, 9.17) is 4.74 Å². The average molecular weight is 415 g/mol. The minimum atomic E-state index is -0.565. The first kappa shape index (κ1) is 18.3. The van der Waals surface area contributed by atoms with E-state index in [1.54, 1.807) is 24.3 Å². The molecule has 30 heavy (non-hydrogen) atoms. The van der Waals surface area contributed by atoms with Crippen LogP contribution in [-0.4, -0.2) is 28.0 Å². The monoisotopic (exact) mass is 415 g/mol. The van der Waals surface area contributed by atoms with Crippen LogP contribution in [0.2, 0.25) is 0 Å². The Morgan fingerprint density at radius 3 is 2.23 bits per heavy atom. The van der Waals surface area contributed by atoms with Crippen LogP contribution >= 0.6 is 11.3 Å². The van der Waals surface area contributed by atoms with Gasteiger partial charge in [0.2, 0.25) is 5.13 Å². The molecule has 3 aromatic carbocycles. The highest BCUT2D eigenvalue weighted by atomic mass is 32.1. The van der Waals surface area contributed by atoms with Crippen molar-refractivity contribution in [3.8, 4) is 27.4 Å². The first-order chi connectivity index (χ1) is 14.7. The molecule has 2 N–H and O–H groups in total. The number of fused-ring (bicyclic) bond motifs is 3. The van der Waals surface area contributed by atoms with Crippen molar-refractivity contribution >= 4 is 22.6 Å². The number of amides is 1. The van der Waals surface area contributed by atoms with Crippen molar-refractivity contribution in [3.63, 3.8) is 0 Å². The van der Waals surface area contributed by atoms with Crippen LogP contribution in [-0.2, 0) is 4.74 Å². The van der Waals surface area contributed by atoms with Gasteiger partial charge in [-0.2, -0.15) is 0 Å². The molecule has 0 atom stereocenters. The summed E-state index contributed by atoms with van der Waals surface area (Å²) in [6.45, 7) is 0.240. The highest BCUT2D eigenvalue weighted by molar-refractivity contribution is 7.18. The molecule has 6 nitrogen and oxygen atoms in total. The van der Waals surface area contributed by atoms with Crippen molar-refractivity contribution in [1.82, 2.24) is 10.2 Å². The number of anilines is 1. The average Bonchev–Trinajstić information content (AvgIpc) is 3.36. The molecule has 0 saturated carbocycles. The van der Waals surface area contributed by atoms with E-state index in [0.29, 0.717) is 10.1 Å². The number of carbonyl (C=O) groups excluding carboxylic acids is 1. The first-order valence-electron chi connectivity index (χ1n) is 9.44. The van der Waals surface area contributed by atoms with E-state index < -0.39 is 6.09 Å². The van der Waals surface area contributed by atoms with Gasteiger partial charge in [0, 0.05) is 11.5 Å². The smallest absolute Gasteiger partial charge is 0.413 e. The summed E-state index contributed by atoms with van der Waals surface area (Å²) in [7, 11) is 0. The van der Waals surface area contributed by atoms with Crippen LogP contribution in [0.25, 0.3) is 21.7 Å². The summed E-state index contributed by atoms with van der Waals surface area (Å²) in [6.07, 6.45) is -0.565. The molecule has 148 valence electrons. The Morgan fingerprint density at radius 1 is 0.933 bits per heavy atom. The number of benzene rings is 3. The Bertz CT molecular complexity index is 1170. The molecule has 0 fully saturated rings. The highest BCUT2D eigenvalue weighted by Crippen LogP contribution is 2.44. The maximum absolute atomic E-state index is 12.4. The number of hydrogen-bond acceptors (Lipinski definition) is 6. The second-order valence-corrected chi connectivity index (χ2v) is 7.89. The molecule has 0 radical (unpaired) electrons. The summed E-state index contributed by atoms with van der Waals surface area (Å²) >= 11 is 1.24. The Kier molecular flexibility index (Phi) is 4.65. The van der Waals surface area contributed by atoms with Crippen LogP contribution in [0.5, 0.6) is 5.75 Å². The van der Waals surface area contributed by atoms with Crippen LogP contribution in [0.4, 0.5) is 9.93 Å². The van der Waals surface area contributed by atoms with Gasteiger partial charge in [0.25, 0.3) is 0 Å². The zero-order valence-electron chi connectivity index (χ0n) is 15.8. The Hall–Kier alpha value is -3.71.